The predicted octanol–water partition coefficient (Wildman–Crippen LogP) is 3.28. The zero-order valence-electron chi connectivity index (χ0n) is 9.18. The van der Waals surface area contributed by atoms with Gasteiger partial charge in [-0.05, 0) is 17.7 Å². The molecule has 98 valence electrons. The minimum Gasteiger partial charge on any atom is -0.258 e. The summed E-state index contributed by atoms with van der Waals surface area (Å²) in [5.74, 6) is 4.58. The highest BCUT2D eigenvalue weighted by atomic mass is 19.4. The van der Waals surface area contributed by atoms with Crippen LogP contribution in [0.15, 0.2) is 23.3 Å². The molecule has 6 nitrogen and oxygen atoms in total. The smallest absolute Gasteiger partial charge is 0.258 e. The van der Waals surface area contributed by atoms with Crippen LogP contribution in [0.4, 0.5) is 18.9 Å². The van der Waals surface area contributed by atoms with Crippen molar-refractivity contribution in [3.05, 3.63) is 49.9 Å². The van der Waals surface area contributed by atoms with Crippen molar-refractivity contribution in [2.75, 3.05) is 6.54 Å². The fourth-order valence-electron chi connectivity index (χ4n) is 1.17. The summed E-state index contributed by atoms with van der Waals surface area (Å²) in [7, 11) is 0. The number of hydrogen-bond donors (Lipinski definition) is 0. The van der Waals surface area contributed by atoms with Crippen molar-refractivity contribution in [1.29, 1.82) is 0 Å². The highest BCUT2D eigenvalue weighted by Gasteiger charge is 2.32. The summed E-state index contributed by atoms with van der Waals surface area (Å²) in [5, 5.41) is 13.8. The molecule has 0 aliphatic carbocycles. The third kappa shape index (κ3) is 3.90. The third-order valence-electron chi connectivity index (χ3n) is 1.96. The van der Waals surface area contributed by atoms with E-state index in [4.69, 9.17) is 5.53 Å². The molecule has 9 heteroatoms. The summed E-state index contributed by atoms with van der Waals surface area (Å²) in [6.45, 7) is -0.228. The van der Waals surface area contributed by atoms with E-state index in [0.717, 1.165) is 6.07 Å². The van der Waals surface area contributed by atoms with Gasteiger partial charge in [-0.2, -0.15) is 13.2 Å². The van der Waals surface area contributed by atoms with E-state index in [1.807, 2.05) is 0 Å². The van der Waals surface area contributed by atoms with E-state index in [1.54, 1.807) is 0 Å². The second kappa shape index (κ2) is 5.75. The minimum atomic E-state index is -4.66. The molecule has 1 rings (SSSR count). The van der Waals surface area contributed by atoms with Crippen molar-refractivity contribution in [1.82, 2.24) is 0 Å². The normalized spacial score (nSPS) is 10.1. The molecule has 0 aliphatic heterocycles. The van der Waals surface area contributed by atoms with E-state index in [9.17, 15) is 23.3 Å². The van der Waals surface area contributed by atoms with E-state index in [1.165, 1.54) is 0 Å². The Bertz CT molecular complexity index is 609. The standard InChI is InChI=1S/C10H5F3N4O2/c11-10(12,13)8-4-3-7(2-1-5-15-16-14)9(6-8)17(18)19/h3-4,6H,5H2. The molecule has 0 fully saturated rings. The molecule has 0 radical (unpaired) electrons. The van der Waals surface area contributed by atoms with Gasteiger partial charge in [0, 0.05) is 11.0 Å². The Balaban J connectivity index is 3.22. The Morgan fingerprint density at radius 2 is 2.16 bits per heavy atom. The van der Waals surface area contributed by atoms with Crippen molar-refractivity contribution in [2.24, 2.45) is 5.11 Å². The van der Waals surface area contributed by atoms with Crippen molar-refractivity contribution in [3.63, 3.8) is 0 Å². The van der Waals surface area contributed by atoms with Crippen LogP contribution in [-0.4, -0.2) is 11.5 Å². The van der Waals surface area contributed by atoms with Crippen molar-refractivity contribution < 1.29 is 18.1 Å². The van der Waals surface area contributed by atoms with Crippen LogP contribution in [0.3, 0.4) is 0 Å². The molecule has 1 aromatic rings. The van der Waals surface area contributed by atoms with Gasteiger partial charge in [0.2, 0.25) is 0 Å². The largest absolute Gasteiger partial charge is 0.416 e. The molecule has 0 N–H and O–H groups in total. The fourth-order valence-corrected chi connectivity index (χ4v) is 1.17. The summed E-state index contributed by atoms with van der Waals surface area (Å²) in [6.07, 6.45) is -4.66. The molecular weight excluding hydrogens is 265 g/mol. The average Bonchev–Trinajstić information content (AvgIpc) is 2.33. The maximum Gasteiger partial charge on any atom is 0.416 e. The van der Waals surface area contributed by atoms with Crippen LogP contribution in [-0.2, 0) is 6.18 Å². The molecule has 0 heterocycles. The Morgan fingerprint density at radius 1 is 1.47 bits per heavy atom. The number of rotatable bonds is 2. The molecule has 0 spiro atoms. The minimum absolute atomic E-state index is 0.175. The Labute approximate surface area is 104 Å². The van der Waals surface area contributed by atoms with Gasteiger partial charge in [-0.25, -0.2) is 0 Å². The highest BCUT2D eigenvalue weighted by Crippen LogP contribution is 2.32. The zero-order valence-corrected chi connectivity index (χ0v) is 9.18. The molecule has 0 bridgehead atoms. The summed E-state index contributed by atoms with van der Waals surface area (Å²) in [5.41, 5.74) is 5.94. The van der Waals surface area contributed by atoms with Crippen LogP contribution in [0.2, 0.25) is 0 Å². The van der Waals surface area contributed by atoms with E-state index >= 15 is 0 Å². The van der Waals surface area contributed by atoms with Gasteiger partial charge in [0.25, 0.3) is 5.69 Å². The number of nitrogens with zero attached hydrogens (tertiary/aromatic N) is 4. The summed E-state index contributed by atoms with van der Waals surface area (Å²) < 4.78 is 37.2. The second-order valence-electron chi connectivity index (χ2n) is 3.18. The summed E-state index contributed by atoms with van der Waals surface area (Å²) >= 11 is 0. The van der Waals surface area contributed by atoms with Crippen molar-refractivity contribution in [3.8, 4) is 11.8 Å². The van der Waals surface area contributed by atoms with Gasteiger partial charge in [0.05, 0.1) is 17.0 Å². The number of halogens is 3. The van der Waals surface area contributed by atoms with Gasteiger partial charge >= 0.3 is 6.18 Å². The Morgan fingerprint density at radius 3 is 2.68 bits per heavy atom. The monoisotopic (exact) mass is 270 g/mol. The Kier molecular flexibility index (Phi) is 4.34. The summed E-state index contributed by atoms with van der Waals surface area (Å²) in [6, 6.07) is 2.02. The van der Waals surface area contributed by atoms with Crippen LogP contribution in [0.1, 0.15) is 11.1 Å². The van der Waals surface area contributed by atoms with E-state index in [0.29, 0.717) is 12.1 Å². The maximum absolute atomic E-state index is 12.4. The molecule has 1 aromatic carbocycles. The van der Waals surface area contributed by atoms with Crippen molar-refractivity contribution >= 4 is 5.69 Å². The number of nitro benzene ring substituents is 1. The zero-order chi connectivity index (χ0) is 14.5. The third-order valence-corrected chi connectivity index (χ3v) is 1.96. The summed E-state index contributed by atoms with van der Waals surface area (Å²) in [4.78, 5) is 12.1. The lowest BCUT2D eigenvalue weighted by atomic mass is 10.1. The van der Waals surface area contributed by atoms with Gasteiger partial charge in [-0.3, -0.25) is 10.1 Å². The molecule has 19 heavy (non-hydrogen) atoms. The van der Waals surface area contributed by atoms with Crippen LogP contribution in [0, 0.1) is 22.0 Å². The average molecular weight is 270 g/mol. The van der Waals surface area contributed by atoms with Gasteiger partial charge in [0.1, 0.15) is 5.56 Å². The number of alkyl halides is 3. The SMILES string of the molecule is [N-]=[N+]=NCC#Cc1ccc(C(F)(F)F)cc1[N+](=O)[O-]. The number of nitro groups is 1. The molecule has 0 aromatic heterocycles. The lowest BCUT2D eigenvalue weighted by Crippen LogP contribution is -2.06. The van der Waals surface area contributed by atoms with Crippen LogP contribution >= 0.6 is 0 Å². The first-order valence-corrected chi connectivity index (χ1v) is 4.71. The molecular formula is C10H5F3N4O2. The predicted molar refractivity (Wildman–Crippen MR) is 59.0 cm³/mol. The second-order valence-corrected chi connectivity index (χ2v) is 3.18. The van der Waals surface area contributed by atoms with Crippen LogP contribution in [0.5, 0.6) is 0 Å². The molecule has 0 aliphatic rings. The van der Waals surface area contributed by atoms with Gasteiger partial charge in [-0.15, -0.1) is 0 Å². The van der Waals surface area contributed by atoms with Crippen LogP contribution < -0.4 is 0 Å². The van der Waals surface area contributed by atoms with Crippen molar-refractivity contribution in [2.45, 2.75) is 6.18 Å². The first-order valence-electron chi connectivity index (χ1n) is 4.71. The maximum atomic E-state index is 12.4. The molecule has 0 atom stereocenters. The van der Waals surface area contributed by atoms with E-state index < -0.39 is 22.4 Å². The van der Waals surface area contributed by atoms with E-state index in [2.05, 4.69) is 21.9 Å². The number of hydrogen-bond acceptors (Lipinski definition) is 3. The fraction of sp³-hybridized carbons (Fsp3) is 0.200. The molecule has 0 saturated heterocycles. The van der Waals surface area contributed by atoms with Gasteiger partial charge in [0.15, 0.2) is 0 Å². The highest BCUT2D eigenvalue weighted by molar-refractivity contribution is 5.53. The lowest BCUT2D eigenvalue weighted by Gasteiger charge is -2.06. The van der Waals surface area contributed by atoms with Gasteiger partial charge in [-0.1, -0.05) is 17.0 Å². The molecule has 0 amide bonds. The van der Waals surface area contributed by atoms with E-state index in [-0.39, 0.29) is 12.1 Å². The first-order chi connectivity index (χ1) is 8.86. The Hall–Kier alpha value is -2.72. The first kappa shape index (κ1) is 14.3. The van der Waals surface area contributed by atoms with Gasteiger partial charge < -0.3 is 0 Å². The lowest BCUT2D eigenvalue weighted by molar-refractivity contribution is -0.385. The quantitative estimate of drug-likeness (QED) is 0.206. The number of benzene rings is 1. The van der Waals surface area contributed by atoms with Crippen LogP contribution in [0.25, 0.3) is 10.4 Å². The number of azide groups is 1. The molecule has 0 saturated carbocycles. The topological polar surface area (TPSA) is 91.9 Å². The molecule has 0 unspecified atom stereocenters.